The van der Waals surface area contributed by atoms with E-state index in [1.54, 1.807) is 0 Å². The van der Waals surface area contributed by atoms with E-state index in [1.165, 1.54) is 12.8 Å². The molecular formula is C14H22N2O. The number of nitrogens with two attached hydrogens (primary N) is 1. The Balaban J connectivity index is 0.000000171. The van der Waals surface area contributed by atoms with Gasteiger partial charge in [0.2, 0.25) is 0 Å². The van der Waals surface area contributed by atoms with Crippen molar-refractivity contribution in [2.75, 3.05) is 20.1 Å². The molecule has 1 aliphatic rings. The highest BCUT2D eigenvalue weighted by Gasteiger charge is 2.39. The van der Waals surface area contributed by atoms with Crippen molar-refractivity contribution in [2.45, 2.75) is 19.8 Å². The van der Waals surface area contributed by atoms with E-state index in [0.717, 1.165) is 30.5 Å². The highest BCUT2D eigenvalue weighted by atomic mass is 16.1. The lowest BCUT2D eigenvalue weighted by atomic mass is 10.1. The Morgan fingerprint density at radius 1 is 1.41 bits per heavy atom. The number of nitrogens with one attached hydrogen (secondary N) is 1. The number of hydrogen-bond acceptors (Lipinski definition) is 3. The Kier molecular flexibility index (Phi) is 5.32. The van der Waals surface area contributed by atoms with Gasteiger partial charge in [0.25, 0.3) is 0 Å². The molecule has 1 aromatic rings. The summed E-state index contributed by atoms with van der Waals surface area (Å²) in [6, 6.07) is 7.51. The summed E-state index contributed by atoms with van der Waals surface area (Å²) < 4.78 is 0. The second kappa shape index (κ2) is 6.52. The van der Waals surface area contributed by atoms with Crippen molar-refractivity contribution < 1.29 is 4.79 Å². The summed E-state index contributed by atoms with van der Waals surface area (Å²) in [4.78, 5) is 10.2. The largest absolute Gasteiger partial charge is 0.330 e. The molecule has 0 radical (unpaired) electrons. The lowest BCUT2D eigenvalue weighted by Gasteiger charge is -2.09. The Morgan fingerprint density at radius 2 is 2.06 bits per heavy atom. The van der Waals surface area contributed by atoms with E-state index in [2.05, 4.69) is 5.32 Å². The highest BCUT2D eigenvalue weighted by Crippen LogP contribution is 2.43. The van der Waals surface area contributed by atoms with Crippen molar-refractivity contribution in [2.24, 2.45) is 11.1 Å². The third-order valence-corrected chi connectivity index (χ3v) is 3.26. The lowest BCUT2D eigenvalue weighted by Crippen LogP contribution is -2.26. The fraction of sp³-hybridized carbons (Fsp3) is 0.500. The molecule has 94 valence electrons. The number of benzene rings is 1. The van der Waals surface area contributed by atoms with Crippen molar-refractivity contribution >= 4 is 6.29 Å². The van der Waals surface area contributed by atoms with Crippen molar-refractivity contribution in [1.29, 1.82) is 0 Å². The minimum absolute atomic E-state index is 0.509. The Bertz CT molecular complexity index is 359. The molecule has 0 atom stereocenters. The molecule has 0 amide bonds. The van der Waals surface area contributed by atoms with E-state index in [0.29, 0.717) is 5.41 Å². The summed E-state index contributed by atoms with van der Waals surface area (Å²) in [6.07, 6.45) is 3.52. The minimum Gasteiger partial charge on any atom is -0.330 e. The molecule has 0 unspecified atom stereocenters. The normalized spacial score (nSPS) is 15.7. The number of carbonyl (C=O) groups excluding carboxylic acids is 1. The topological polar surface area (TPSA) is 55.1 Å². The van der Waals surface area contributed by atoms with Crippen LogP contribution in [0.3, 0.4) is 0 Å². The first-order chi connectivity index (χ1) is 8.17. The lowest BCUT2D eigenvalue weighted by molar-refractivity contribution is 0.112. The second-order valence-corrected chi connectivity index (χ2v) is 4.71. The SMILES string of the molecule is CNCC1(CN)CC1.Cc1ccccc1C=O. The van der Waals surface area contributed by atoms with Crippen LogP contribution in [0.2, 0.25) is 0 Å². The zero-order valence-corrected chi connectivity index (χ0v) is 10.7. The first-order valence-corrected chi connectivity index (χ1v) is 6.03. The molecule has 0 heterocycles. The molecule has 0 bridgehead atoms. The molecule has 0 saturated heterocycles. The highest BCUT2D eigenvalue weighted by molar-refractivity contribution is 5.76. The first kappa shape index (κ1) is 13.9. The van der Waals surface area contributed by atoms with Gasteiger partial charge in [-0.15, -0.1) is 0 Å². The van der Waals surface area contributed by atoms with Gasteiger partial charge in [-0.3, -0.25) is 4.79 Å². The van der Waals surface area contributed by atoms with Crippen LogP contribution in [0.15, 0.2) is 24.3 Å². The van der Waals surface area contributed by atoms with Gasteiger partial charge < -0.3 is 11.1 Å². The molecular weight excluding hydrogens is 212 g/mol. The molecule has 3 nitrogen and oxygen atoms in total. The third kappa shape index (κ3) is 4.29. The number of aldehydes is 1. The maximum Gasteiger partial charge on any atom is 0.150 e. The van der Waals surface area contributed by atoms with Gasteiger partial charge in [-0.1, -0.05) is 24.3 Å². The van der Waals surface area contributed by atoms with Gasteiger partial charge in [0.15, 0.2) is 0 Å². The van der Waals surface area contributed by atoms with Crippen LogP contribution in [0, 0.1) is 12.3 Å². The smallest absolute Gasteiger partial charge is 0.150 e. The molecule has 3 heteroatoms. The monoisotopic (exact) mass is 234 g/mol. The number of rotatable bonds is 4. The molecule has 3 N–H and O–H groups in total. The molecule has 2 rings (SSSR count). The van der Waals surface area contributed by atoms with Crippen LogP contribution in [-0.4, -0.2) is 26.4 Å². The standard InChI is InChI=1S/C8H8O.C6H14N2/c1-7-4-2-3-5-8(7)6-9;1-8-5-6(4-7)2-3-6/h2-6H,1H3;8H,2-5,7H2,1H3. The van der Waals surface area contributed by atoms with Crippen molar-refractivity contribution in [1.82, 2.24) is 5.32 Å². The van der Waals surface area contributed by atoms with E-state index in [4.69, 9.17) is 5.73 Å². The molecule has 0 aliphatic heterocycles. The van der Waals surface area contributed by atoms with Crippen molar-refractivity contribution in [3.05, 3.63) is 35.4 Å². The van der Waals surface area contributed by atoms with Crippen LogP contribution in [-0.2, 0) is 0 Å². The van der Waals surface area contributed by atoms with Gasteiger partial charge in [-0.2, -0.15) is 0 Å². The van der Waals surface area contributed by atoms with E-state index in [-0.39, 0.29) is 0 Å². The molecule has 1 aliphatic carbocycles. The van der Waals surface area contributed by atoms with E-state index < -0.39 is 0 Å². The maximum absolute atomic E-state index is 10.2. The molecule has 1 saturated carbocycles. The summed E-state index contributed by atoms with van der Waals surface area (Å²) in [6.45, 7) is 3.88. The van der Waals surface area contributed by atoms with Gasteiger partial charge in [0, 0.05) is 12.1 Å². The van der Waals surface area contributed by atoms with Gasteiger partial charge in [0.05, 0.1) is 0 Å². The van der Waals surface area contributed by atoms with Crippen LogP contribution < -0.4 is 11.1 Å². The van der Waals surface area contributed by atoms with Gasteiger partial charge in [-0.25, -0.2) is 0 Å². The molecule has 1 aromatic carbocycles. The fourth-order valence-corrected chi connectivity index (χ4v) is 1.72. The maximum atomic E-state index is 10.2. The summed E-state index contributed by atoms with van der Waals surface area (Å²) in [7, 11) is 1.98. The summed E-state index contributed by atoms with van der Waals surface area (Å²) in [5.41, 5.74) is 7.83. The van der Waals surface area contributed by atoms with E-state index >= 15 is 0 Å². The average Bonchev–Trinajstić information content (AvgIpc) is 3.12. The minimum atomic E-state index is 0.509. The van der Waals surface area contributed by atoms with Crippen LogP contribution in [0.25, 0.3) is 0 Å². The molecule has 17 heavy (non-hydrogen) atoms. The van der Waals surface area contributed by atoms with Crippen LogP contribution >= 0.6 is 0 Å². The number of aryl methyl sites for hydroxylation is 1. The van der Waals surface area contributed by atoms with Gasteiger partial charge in [0.1, 0.15) is 6.29 Å². The van der Waals surface area contributed by atoms with E-state index in [9.17, 15) is 4.79 Å². The summed E-state index contributed by atoms with van der Waals surface area (Å²) >= 11 is 0. The first-order valence-electron chi connectivity index (χ1n) is 6.03. The molecule has 0 spiro atoms. The molecule has 1 fully saturated rings. The predicted molar refractivity (Wildman–Crippen MR) is 71.2 cm³/mol. The summed E-state index contributed by atoms with van der Waals surface area (Å²) in [5, 5.41) is 3.14. The number of hydrogen-bond donors (Lipinski definition) is 2. The number of carbonyl (C=O) groups is 1. The van der Waals surface area contributed by atoms with Crippen LogP contribution in [0.5, 0.6) is 0 Å². The van der Waals surface area contributed by atoms with Crippen LogP contribution in [0.4, 0.5) is 0 Å². The second-order valence-electron chi connectivity index (χ2n) is 4.71. The Labute approximate surface area is 103 Å². The quantitative estimate of drug-likeness (QED) is 0.780. The zero-order valence-electron chi connectivity index (χ0n) is 10.7. The fourth-order valence-electron chi connectivity index (χ4n) is 1.72. The van der Waals surface area contributed by atoms with Gasteiger partial charge in [-0.05, 0) is 44.3 Å². The van der Waals surface area contributed by atoms with Gasteiger partial charge >= 0.3 is 0 Å². The predicted octanol–water partition coefficient (Wildman–Crippen LogP) is 1.75. The third-order valence-electron chi connectivity index (χ3n) is 3.26. The molecule has 0 aromatic heterocycles. The summed E-state index contributed by atoms with van der Waals surface area (Å²) in [5.74, 6) is 0. The van der Waals surface area contributed by atoms with Crippen molar-refractivity contribution in [3.8, 4) is 0 Å². The Morgan fingerprint density at radius 3 is 2.35 bits per heavy atom. The van der Waals surface area contributed by atoms with E-state index in [1.807, 2.05) is 38.2 Å². The van der Waals surface area contributed by atoms with Crippen molar-refractivity contribution in [3.63, 3.8) is 0 Å². The zero-order chi connectivity index (χ0) is 12.7. The Hall–Kier alpha value is -1.19. The van der Waals surface area contributed by atoms with Crippen LogP contribution in [0.1, 0.15) is 28.8 Å². The average molecular weight is 234 g/mol.